The summed E-state index contributed by atoms with van der Waals surface area (Å²) in [6.07, 6.45) is 1.73. The second kappa shape index (κ2) is 10.6. The number of benzene rings is 3. The molecule has 0 atom stereocenters. The first kappa shape index (κ1) is 23.7. The topological polar surface area (TPSA) is 68.2 Å². The van der Waals surface area contributed by atoms with E-state index in [1.54, 1.807) is 37.3 Å². The summed E-state index contributed by atoms with van der Waals surface area (Å²) in [6, 6.07) is 22.3. The van der Waals surface area contributed by atoms with Gasteiger partial charge in [-0.05, 0) is 77.9 Å². The van der Waals surface area contributed by atoms with Gasteiger partial charge in [0.05, 0.1) is 21.5 Å². The Morgan fingerprint density at radius 3 is 2.38 bits per heavy atom. The first-order valence-electron chi connectivity index (χ1n) is 10.8. The minimum Gasteiger partial charge on any atom is -0.490 e. The van der Waals surface area contributed by atoms with Crippen molar-refractivity contribution >= 4 is 46.2 Å². The molecule has 0 aliphatic carbocycles. The third-order valence-corrected chi connectivity index (χ3v) is 5.95. The minimum absolute atomic E-state index is 0.362. The fraction of sp³-hybridized carbons (Fsp3) is 0.148. The molecule has 1 aliphatic rings. The lowest BCUT2D eigenvalue weighted by Crippen LogP contribution is -2.29. The van der Waals surface area contributed by atoms with Crippen LogP contribution in [0, 0.1) is 3.57 Å². The molecule has 0 saturated heterocycles. The highest BCUT2D eigenvalue weighted by atomic mass is 127. The number of nitrogens with zero attached hydrogens (tertiary/aromatic N) is 2. The molecule has 0 unspecified atom stereocenters. The molecule has 2 amide bonds. The zero-order valence-corrected chi connectivity index (χ0v) is 21.0. The number of amides is 2. The molecule has 1 heterocycles. The normalized spacial score (nSPS) is 14.3. The number of hydrogen-bond acceptors (Lipinski definition) is 5. The monoisotopic (exact) mass is 566 g/mol. The number of ether oxygens (including phenoxy) is 2. The van der Waals surface area contributed by atoms with Crippen molar-refractivity contribution in [3.63, 3.8) is 0 Å². The molecule has 7 heteroatoms. The largest absolute Gasteiger partial charge is 0.490 e. The van der Waals surface area contributed by atoms with Crippen LogP contribution in [0.3, 0.4) is 0 Å². The standard InChI is InChI=1S/C27H23IN2O4/c1-3-33-24-16-20(15-23(28)25(24)34-17-19-10-6-4-7-11-19)14-22-18(2)29-30(27(22)32)26(31)21-12-8-5-9-13-21/h4-16H,3,17H2,1-2H3/b22-14+. The molecule has 3 aromatic rings. The van der Waals surface area contributed by atoms with Crippen LogP contribution in [-0.2, 0) is 11.4 Å². The number of carbonyl (C=O) groups excluding carboxylic acids is 2. The molecule has 0 aromatic heterocycles. The summed E-state index contributed by atoms with van der Waals surface area (Å²) in [6.45, 7) is 4.51. The maximum atomic E-state index is 13.0. The van der Waals surface area contributed by atoms with E-state index in [4.69, 9.17) is 9.47 Å². The van der Waals surface area contributed by atoms with Crippen LogP contribution in [0.1, 0.15) is 35.3 Å². The van der Waals surface area contributed by atoms with Gasteiger partial charge in [0.25, 0.3) is 11.8 Å². The highest BCUT2D eigenvalue weighted by Gasteiger charge is 2.33. The first-order valence-corrected chi connectivity index (χ1v) is 11.9. The van der Waals surface area contributed by atoms with Crippen molar-refractivity contribution in [1.82, 2.24) is 5.01 Å². The molecular formula is C27H23IN2O4. The molecule has 0 saturated carbocycles. The summed E-state index contributed by atoms with van der Waals surface area (Å²) in [4.78, 5) is 25.8. The van der Waals surface area contributed by atoms with Crippen LogP contribution >= 0.6 is 22.6 Å². The van der Waals surface area contributed by atoms with Crippen molar-refractivity contribution in [2.24, 2.45) is 5.10 Å². The summed E-state index contributed by atoms with van der Waals surface area (Å²) in [5.74, 6) is 0.332. The molecule has 34 heavy (non-hydrogen) atoms. The second-order valence-electron chi connectivity index (χ2n) is 7.57. The zero-order chi connectivity index (χ0) is 24.1. The SMILES string of the molecule is CCOc1cc(/C=C2/C(=O)N(C(=O)c3ccccc3)N=C2C)cc(I)c1OCc1ccccc1. The zero-order valence-electron chi connectivity index (χ0n) is 18.8. The highest BCUT2D eigenvalue weighted by molar-refractivity contribution is 14.1. The Morgan fingerprint density at radius 1 is 1.03 bits per heavy atom. The number of imide groups is 1. The lowest BCUT2D eigenvalue weighted by molar-refractivity contribution is -0.123. The van der Waals surface area contributed by atoms with Crippen molar-refractivity contribution in [2.75, 3.05) is 6.61 Å². The third kappa shape index (κ3) is 5.20. The fourth-order valence-electron chi connectivity index (χ4n) is 3.50. The van der Waals surface area contributed by atoms with Gasteiger partial charge in [-0.2, -0.15) is 10.1 Å². The van der Waals surface area contributed by atoms with Gasteiger partial charge in [-0.1, -0.05) is 48.5 Å². The predicted octanol–water partition coefficient (Wildman–Crippen LogP) is 5.71. The van der Waals surface area contributed by atoms with Crippen LogP contribution in [0.4, 0.5) is 0 Å². The number of halogens is 1. The Balaban J connectivity index is 1.60. The Morgan fingerprint density at radius 2 is 1.71 bits per heavy atom. The van der Waals surface area contributed by atoms with Crippen molar-refractivity contribution in [1.29, 1.82) is 0 Å². The summed E-state index contributed by atoms with van der Waals surface area (Å²) in [5, 5.41) is 5.13. The van der Waals surface area contributed by atoms with Crippen molar-refractivity contribution in [2.45, 2.75) is 20.5 Å². The summed E-state index contributed by atoms with van der Waals surface area (Å²) < 4.78 is 12.8. The van der Waals surface area contributed by atoms with Gasteiger partial charge in [-0.15, -0.1) is 0 Å². The van der Waals surface area contributed by atoms with Crippen molar-refractivity contribution < 1.29 is 19.1 Å². The quantitative estimate of drug-likeness (QED) is 0.209. The Labute approximate surface area is 212 Å². The number of hydrazone groups is 1. The molecule has 172 valence electrons. The van der Waals surface area contributed by atoms with Crippen LogP contribution in [0.5, 0.6) is 11.5 Å². The molecule has 0 fully saturated rings. The smallest absolute Gasteiger partial charge is 0.283 e. The molecule has 1 aliphatic heterocycles. The van der Waals surface area contributed by atoms with E-state index in [1.807, 2.05) is 55.5 Å². The van der Waals surface area contributed by atoms with Gasteiger partial charge in [0.1, 0.15) is 6.61 Å². The van der Waals surface area contributed by atoms with E-state index in [0.29, 0.717) is 41.6 Å². The van der Waals surface area contributed by atoms with Gasteiger partial charge >= 0.3 is 0 Å². The lowest BCUT2D eigenvalue weighted by atomic mass is 10.1. The van der Waals surface area contributed by atoms with Crippen molar-refractivity contribution in [3.05, 3.63) is 98.6 Å². The number of carbonyl (C=O) groups is 2. The average molecular weight is 566 g/mol. The summed E-state index contributed by atoms with van der Waals surface area (Å²) in [5.41, 5.74) is 3.05. The van der Waals surface area contributed by atoms with E-state index in [9.17, 15) is 9.59 Å². The van der Waals surface area contributed by atoms with E-state index < -0.39 is 11.8 Å². The molecule has 0 N–H and O–H groups in total. The second-order valence-corrected chi connectivity index (χ2v) is 8.73. The molecule has 0 radical (unpaired) electrons. The van der Waals surface area contributed by atoms with E-state index in [-0.39, 0.29) is 0 Å². The molecule has 0 spiro atoms. The summed E-state index contributed by atoms with van der Waals surface area (Å²) in [7, 11) is 0. The average Bonchev–Trinajstić information content (AvgIpc) is 3.13. The van der Waals surface area contributed by atoms with Gasteiger partial charge in [0.2, 0.25) is 0 Å². The molecule has 0 bridgehead atoms. The van der Waals surface area contributed by atoms with Crippen LogP contribution in [0.2, 0.25) is 0 Å². The maximum Gasteiger partial charge on any atom is 0.283 e. The van der Waals surface area contributed by atoms with E-state index in [1.165, 1.54) is 0 Å². The predicted molar refractivity (Wildman–Crippen MR) is 140 cm³/mol. The molecule has 4 rings (SSSR count). The van der Waals surface area contributed by atoms with Gasteiger partial charge < -0.3 is 9.47 Å². The lowest BCUT2D eigenvalue weighted by Gasteiger charge is -2.15. The highest BCUT2D eigenvalue weighted by Crippen LogP contribution is 2.36. The van der Waals surface area contributed by atoms with Crippen LogP contribution in [0.25, 0.3) is 6.08 Å². The summed E-state index contributed by atoms with van der Waals surface area (Å²) >= 11 is 2.20. The fourth-order valence-corrected chi connectivity index (χ4v) is 4.28. The third-order valence-electron chi connectivity index (χ3n) is 5.14. The van der Waals surface area contributed by atoms with Gasteiger partial charge in [0.15, 0.2) is 11.5 Å². The van der Waals surface area contributed by atoms with Crippen LogP contribution in [-0.4, -0.2) is 29.1 Å². The maximum absolute atomic E-state index is 13.0. The number of hydrogen-bond donors (Lipinski definition) is 0. The number of rotatable bonds is 7. The van der Waals surface area contributed by atoms with E-state index in [0.717, 1.165) is 19.7 Å². The van der Waals surface area contributed by atoms with E-state index in [2.05, 4.69) is 27.7 Å². The van der Waals surface area contributed by atoms with Crippen molar-refractivity contribution in [3.8, 4) is 11.5 Å². The Bertz CT molecular complexity index is 1270. The molecule has 3 aromatic carbocycles. The Hall–Kier alpha value is -3.46. The van der Waals surface area contributed by atoms with Gasteiger partial charge in [-0.3, -0.25) is 9.59 Å². The van der Waals surface area contributed by atoms with Gasteiger partial charge in [-0.25, -0.2) is 0 Å². The minimum atomic E-state index is -0.456. The van der Waals surface area contributed by atoms with E-state index >= 15 is 0 Å². The van der Waals surface area contributed by atoms with Gasteiger partial charge in [0, 0.05) is 5.56 Å². The molecular weight excluding hydrogens is 543 g/mol. The molecule has 6 nitrogen and oxygen atoms in total. The Kier molecular flexibility index (Phi) is 7.42. The first-order chi connectivity index (χ1) is 16.5. The van der Waals surface area contributed by atoms with Crippen LogP contribution < -0.4 is 9.47 Å². The van der Waals surface area contributed by atoms with Crippen LogP contribution in [0.15, 0.2) is 83.5 Å².